The number of hydrazone groups is 1. The number of anilines is 1. The van der Waals surface area contributed by atoms with Gasteiger partial charge in [0.05, 0.1) is 27.8 Å². The summed E-state index contributed by atoms with van der Waals surface area (Å²) in [5.41, 5.74) is 1.68. The second kappa shape index (κ2) is 8.88. The van der Waals surface area contributed by atoms with Gasteiger partial charge in [-0.1, -0.05) is 42.5 Å². The maximum Gasteiger partial charge on any atom is 0.279 e. The Balaban J connectivity index is 1.76. The van der Waals surface area contributed by atoms with E-state index in [1.807, 2.05) is 0 Å². The molecule has 176 valence electrons. The molecule has 1 N–H and O–H groups in total. The van der Waals surface area contributed by atoms with Gasteiger partial charge < -0.3 is 0 Å². The average Bonchev–Trinajstić information content (AvgIpc) is 3.26. The van der Waals surface area contributed by atoms with Crippen molar-refractivity contribution < 1.29 is 21.8 Å². The predicted molar refractivity (Wildman–Crippen MR) is 127 cm³/mol. The van der Waals surface area contributed by atoms with Gasteiger partial charge in [-0.05, 0) is 35.4 Å². The van der Waals surface area contributed by atoms with Gasteiger partial charge in [-0.15, -0.1) is 0 Å². The monoisotopic (exact) mass is 500 g/mol. The highest BCUT2D eigenvalue weighted by Gasteiger charge is 2.38. The van der Waals surface area contributed by atoms with Crippen LogP contribution in [-0.4, -0.2) is 38.1 Å². The normalized spacial score (nSPS) is 16.2. The molecule has 12 heteroatoms. The number of non-ortho nitro benzene ring substituents is 1. The topological polar surface area (TPSA) is 139 Å². The van der Waals surface area contributed by atoms with Gasteiger partial charge in [0, 0.05) is 24.2 Å². The number of nitrogens with one attached hydrogen (secondary N) is 1. The summed E-state index contributed by atoms with van der Waals surface area (Å²) in [5.74, 6) is 0. The second-order valence-electron chi connectivity index (χ2n) is 7.66. The minimum Gasteiger partial charge on any atom is -0.284 e. The van der Waals surface area contributed by atoms with Crippen LogP contribution in [0.15, 0.2) is 88.9 Å². The van der Waals surface area contributed by atoms with E-state index in [0.29, 0.717) is 22.5 Å². The summed E-state index contributed by atoms with van der Waals surface area (Å²) >= 11 is 0. The SMILES string of the molecule is CS(=O)(=O)Nc1ccc(C2=NN(S(=O)(=O)c3ccccc3)[C@H](c3cccc([N+](=O)[O-])c3)C2)cc1. The molecule has 0 radical (unpaired) electrons. The standard InChI is InChI=1S/C22H20N4O6S2/c1-33(29,30)24-18-12-10-16(11-13-18)21-15-22(17-6-5-7-19(14-17)26(27)28)25(23-21)34(31,32)20-8-3-2-4-9-20/h2-14,22,24H,15H2,1H3/t22-/m0/s1. The molecule has 0 amide bonds. The summed E-state index contributed by atoms with van der Waals surface area (Å²) in [5, 5.41) is 15.7. The molecule has 0 saturated carbocycles. The van der Waals surface area contributed by atoms with Crippen LogP contribution in [0, 0.1) is 10.1 Å². The quantitative estimate of drug-likeness (QED) is 0.389. The van der Waals surface area contributed by atoms with E-state index in [2.05, 4.69) is 9.82 Å². The fourth-order valence-corrected chi connectivity index (χ4v) is 5.64. The minimum absolute atomic E-state index is 0.0446. The third-order valence-electron chi connectivity index (χ3n) is 5.15. The zero-order valence-electron chi connectivity index (χ0n) is 17.9. The molecule has 0 bridgehead atoms. The second-order valence-corrected chi connectivity index (χ2v) is 11.2. The summed E-state index contributed by atoms with van der Waals surface area (Å²) in [6.07, 6.45) is 1.21. The Hall–Kier alpha value is -3.77. The fraction of sp³-hybridized carbons (Fsp3) is 0.136. The molecule has 10 nitrogen and oxygen atoms in total. The Labute approximate surface area is 196 Å². The van der Waals surface area contributed by atoms with Crippen LogP contribution in [-0.2, 0) is 20.0 Å². The van der Waals surface area contributed by atoms with Crippen LogP contribution in [0.2, 0.25) is 0 Å². The van der Waals surface area contributed by atoms with Crippen molar-refractivity contribution in [3.63, 3.8) is 0 Å². The summed E-state index contributed by atoms with van der Waals surface area (Å²) in [7, 11) is -7.50. The molecule has 1 atom stereocenters. The maximum absolute atomic E-state index is 13.4. The first-order chi connectivity index (χ1) is 16.0. The van der Waals surface area contributed by atoms with Gasteiger partial charge in [0.2, 0.25) is 10.0 Å². The third kappa shape index (κ3) is 4.92. The van der Waals surface area contributed by atoms with Crippen molar-refractivity contribution in [1.82, 2.24) is 4.41 Å². The Morgan fingerprint density at radius 1 is 0.971 bits per heavy atom. The van der Waals surface area contributed by atoms with Crippen molar-refractivity contribution in [1.29, 1.82) is 0 Å². The minimum atomic E-state index is -4.06. The third-order valence-corrected chi connectivity index (χ3v) is 7.45. The van der Waals surface area contributed by atoms with Crippen LogP contribution in [0.5, 0.6) is 0 Å². The molecule has 34 heavy (non-hydrogen) atoms. The van der Waals surface area contributed by atoms with Crippen molar-refractivity contribution in [3.8, 4) is 0 Å². The highest BCUT2D eigenvalue weighted by atomic mass is 32.2. The van der Waals surface area contributed by atoms with Crippen molar-refractivity contribution in [2.24, 2.45) is 5.10 Å². The van der Waals surface area contributed by atoms with Crippen LogP contribution in [0.3, 0.4) is 0 Å². The summed E-state index contributed by atoms with van der Waals surface area (Å²) in [6, 6.07) is 19.2. The number of hydrogen-bond donors (Lipinski definition) is 1. The van der Waals surface area contributed by atoms with Gasteiger partial charge in [-0.2, -0.15) is 17.9 Å². The highest BCUT2D eigenvalue weighted by Crippen LogP contribution is 2.38. The Morgan fingerprint density at radius 3 is 2.26 bits per heavy atom. The molecule has 3 aromatic rings. The van der Waals surface area contributed by atoms with Gasteiger partial charge in [0.25, 0.3) is 15.7 Å². The fourth-order valence-electron chi connectivity index (χ4n) is 3.62. The van der Waals surface area contributed by atoms with Gasteiger partial charge >= 0.3 is 0 Å². The molecule has 0 aliphatic carbocycles. The van der Waals surface area contributed by atoms with Crippen LogP contribution in [0.25, 0.3) is 0 Å². The van der Waals surface area contributed by atoms with E-state index in [1.54, 1.807) is 48.5 Å². The van der Waals surface area contributed by atoms with E-state index in [0.717, 1.165) is 10.7 Å². The Kier molecular flexibility index (Phi) is 6.11. The van der Waals surface area contributed by atoms with Crippen molar-refractivity contribution in [3.05, 3.63) is 100 Å². The van der Waals surface area contributed by atoms with Crippen molar-refractivity contribution in [2.45, 2.75) is 17.4 Å². The van der Waals surface area contributed by atoms with Gasteiger partial charge in [0.15, 0.2) is 0 Å². The molecule has 1 aliphatic heterocycles. The maximum atomic E-state index is 13.4. The first-order valence-corrected chi connectivity index (χ1v) is 13.4. The lowest BCUT2D eigenvalue weighted by Gasteiger charge is -2.23. The van der Waals surface area contributed by atoms with Gasteiger partial charge in [-0.25, -0.2) is 8.42 Å². The number of rotatable bonds is 7. The van der Waals surface area contributed by atoms with E-state index in [1.165, 1.54) is 30.3 Å². The lowest BCUT2D eigenvalue weighted by Crippen LogP contribution is -2.27. The zero-order chi connectivity index (χ0) is 24.5. The van der Waals surface area contributed by atoms with Gasteiger partial charge in [0.1, 0.15) is 0 Å². The molecule has 1 aliphatic rings. The molecule has 0 saturated heterocycles. The smallest absolute Gasteiger partial charge is 0.279 e. The first-order valence-electron chi connectivity index (χ1n) is 10.0. The predicted octanol–water partition coefficient (Wildman–Crippen LogP) is 3.51. The van der Waals surface area contributed by atoms with Crippen molar-refractivity contribution >= 4 is 37.1 Å². The van der Waals surface area contributed by atoms with Crippen LogP contribution >= 0.6 is 0 Å². The largest absolute Gasteiger partial charge is 0.284 e. The number of sulfonamides is 2. The van der Waals surface area contributed by atoms with Crippen molar-refractivity contribution in [2.75, 3.05) is 11.0 Å². The first kappa shape index (κ1) is 23.4. The van der Waals surface area contributed by atoms with E-state index in [-0.39, 0.29) is 17.0 Å². The molecule has 0 fully saturated rings. The van der Waals surface area contributed by atoms with E-state index < -0.39 is 31.0 Å². The lowest BCUT2D eigenvalue weighted by molar-refractivity contribution is -0.384. The summed E-state index contributed by atoms with van der Waals surface area (Å²) in [6.45, 7) is 0. The molecule has 0 spiro atoms. The number of hydrogen-bond acceptors (Lipinski definition) is 7. The number of nitrogens with zero attached hydrogens (tertiary/aromatic N) is 3. The molecule has 3 aromatic carbocycles. The van der Waals surface area contributed by atoms with Crippen LogP contribution < -0.4 is 4.72 Å². The highest BCUT2D eigenvalue weighted by molar-refractivity contribution is 7.92. The summed E-state index contributed by atoms with van der Waals surface area (Å²) in [4.78, 5) is 10.8. The Morgan fingerprint density at radius 2 is 1.65 bits per heavy atom. The van der Waals surface area contributed by atoms with E-state index in [4.69, 9.17) is 0 Å². The number of nitro groups is 1. The molecular formula is C22H20N4O6S2. The number of nitro benzene ring substituents is 1. The van der Waals surface area contributed by atoms with Crippen LogP contribution in [0.1, 0.15) is 23.6 Å². The summed E-state index contributed by atoms with van der Waals surface area (Å²) < 4.78 is 53.1. The lowest BCUT2D eigenvalue weighted by atomic mass is 9.99. The molecule has 0 unspecified atom stereocenters. The Bertz CT molecular complexity index is 1470. The molecular weight excluding hydrogens is 480 g/mol. The average molecular weight is 501 g/mol. The molecule has 0 aromatic heterocycles. The number of benzene rings is 3. The molecule has 1 heterocycles. The molecule has 4 rings (SSSR count). The van der Waals surface area contributed by atoms with Crippen LogP contribution in [0.4, 0.5) is 11.4 Å². The van der Waals surface area contributed by atoms with Gasteiger partial charge in [-0.3, -0.25) is 14.8 Å². The van der Waals surface area contributed by atoms with E-state index >= 15 is 0 Å². The van der Waals surface area contributed by atoms with E-state index in [9.17, 15) is 26.9 Å². The zero-order valence-corrected chi connectivity index (χ0v) is 19.5.